The molecular weight excluding hydrogens is 296 g/mol. The van der Waals surface area contributed by atoms with Crippen LogP contribution in [-0.2, 0) is 4.74 Å². The highest BCUT2D eigenvalue weighted by Gasteiger charge is 2.43. The zero-order valence-electron chi connectivity index (χ0n) is 11.6. The fourth-order valence-corrected chi connectivity index (χ4v) is 3.14. The van der Waals surface area contributed by atoms with Crippen molar-refractivity contribution in [1.82, 2.24) is 0 Å². The van der Waals surface area contributed by atoms with Crippen molar-refractivity contribution in [1.29, 1.82) is 0 Å². The van der Waals surface area contributed by atoms with Crippen molar-refractivity contribution in [3.8, 4) is 5.75 Å². The second-order valence-electron chi connectivity index (χ2n) is 4.72. The first-order valence-electron chi connectivity index (χ1n) is 6.76. The Morgan fingerprint density at radius 1 is 1.10 bits per heavy atom. The summed E-state index contributed by atoms with van der Waals surface area (Å²) in [7, 11) is 0. The Labute approximate surface area is 127 Å². The highest BCUT2D eigenvalue weighted by Crippen LogP contribution is 2.33. The van der Waals surface area contributed by atoms with Crippen molar-refractivity contribution in [2.24, 2.45) is 0 Å². The second-order valence-corrected chi connectivity index (χ2v) is 5.89. The lowest BCUT2D eigenvalue weighted by molar-refractivity contribution is -0.205. The summed E-state index contributed by atoms with van der Waals surface area (Å²) in [6.45, 7) is 2.06. The van der Waals surface area contributed by atoms with Gasteiger partial charge >= 0.3 is 0 Å². The molecule has 118 valence electrons. The van der Waals surface area contributed by atoms with Crippen LogP contribution in [0.2, 0.25) is 0 Å². The van der Waals surface area contributed by atoms with Crippen molar-refractivity contribution in [3.63, 3.8) is 0 Å². The average Bonchev–Trinajstić information content (AvgIpc) is 2.50. The quantitative estimate of drug-likeness (QED) is 0.606. The van der Waals surface area contributed by atoms with Crippen molar-refractivity contribution in [3.05, 3.63) is 24.3 Å². The summed E-state index contributed by atoms with van der Waals surface area (Å²) in [4.78, 5) is 0.822. The number of hydrogen-bond donors (Lipinski definition) is 4. The molecule has 1 saturated heterocycles. The van der Waals surface area contributed by atoms with Crippen LogP contribution in [0, 0.1) is 0 Å². The largest absolute Gasteiger partial charge is 0.494 e. The smallest absolute Gasteiger partial charge is 0.136 e. The summed E-state index contributed by atoms with van der Waals surface area (Å²) in [6, 6.07) is 7.24. The summed E-state index contributed by atoms with van der Waals surface area (Å²) in [5, 5.41) is 38.6. The zero-order chi connectivity index (χ0) is 15.4. The molecule has 0 aliphatic carbocycles. The fraction of sp³-hybridized carbons (Fsp3) is 0.571. The molecule has 4 N–H and O–H groups in total. The zero-order valence-corrected chi connectivity index (χ0v) is 12.4. The van der Waals surface area contributed by atoms with Crippen LogP contribution in [0.4, 0.5) is 0 Å². The molecule has 7 heteroatoms. The molecule has 0 spiro atoms. The summed E-state index contributed by atoms with van der Waals surface area (Å²) in [6.07, 6.45) is -4.80. The second kappa shape index (κ2) is 7.44. The standard InChI is InChI=1S/C14H20O6S/c1-2-19-8-3-5-9(6-4-8)21-14-13(18)12(17)11(16)10(7-15)20-14/h3-6,10-18H,2,7H2,1H3. The molecule has 6 nitrogen and oxygen atoms in total. The van der Waals surface area contributed by atoms with Gasteiger partial charge in [-0.1, -0.05) is 11.8 Å². The van der Waals surface area contributed by atoms with E-state index in [2.05, 4.69) is 0 Å². The first-order valence-corrected chi connectivity index (χ1v) is 7.64. The lowest BCUT2D eigenvalue weighted by atomic mass is 10.0. The average molecular weight is 316 g/mol. The maximum Gasteiger partial charge on any atom is 0.136 e. The monoisotopic (exact) mass is 316 g/mol. The normalized spacial score (nSPS) is 32.9. The molecule has 1 aliphatic heterocycles. The van der Waals surface area contributed by atoms with E-state index in [-0.39, 0.29) is 0 Å². The molecule has 1 aromatic rings. The summed E-state index contributed by atoms with van der Waals surface area (Å²) >= 11 is 1.21. The fourth-order valence-electron chi connectivity index (χ4n) is 2.08. The van der Waals surface area contributed by atoms with Crippen LogP contribution in [-0.4, -0.2) is 63.5 Å². The van der Waals surface area contributed by atoms with Crippen LogP contribution in [0.25, 0.3) is 0 Å². The predicted octanol–water partition coefficient (Wildman–Crippen LogP) is -0.0227. The van der Waals surface area contributed by atoms with Gasteiger partial charge in [-0.15, -0.1) is 0 Å². The van der Waals surface area contributed by atoms with Crippen LogP contribution in [0.15, 0.2) is 29.2 Å². The van der Waals surface area contributed by atoms with Crippen molar-refractivity contribution in [2.45, 2.75) is 41.7 Å². The molecule has 21 heavy (non-hydrogen) atoms. The van der Waals surface area contributed by atoms with Gasteiger partial charge in [-0.05, 0) is 31.2 Å². The first kappa shape index (κ1) is 16.5. The Morgan fingerprint density at radius 3 is 2.33 bits per heavy atom. The number of thioether (sulfide) groups is 1. The minimum Gasteiger partial charge on any atom is -0.494 e. The molecule has 0 amide bonds. The maximum absolute atomic E-state index is 9.96. The van der Waals surface area contributed by atoms with Gasteiger partial charge in [-0.3, -0.25) is 0 Å². The van der Waals surface area contributed by atoms with Gasteiger partial charge in [-0.25, -0.2) is 0 Å². The minimum absolute atomic E-state index is 0.425. The Morgan fingerprint density at radius 2 is 1.76 bits per heavy atom. The van der Waals surface area contributed by atoms with E-state index in [9.17, 15) is 15.3 Å². The van der Waals surface area contributed by atoms with E-state index in [4.69, 9.17) is 14.6 Å². The first-order chi connectivity index (χ1) is 10.1. The molecule has 1 aromatic carbocycles. The highest BCUT2D eigenvalue weighted by molar-refractivity contribution is 7.99. The molecule has 0 radical (unpaired) electrons. The number of hydrogen-bond acceptors (Lipinski definition) is 7. The third-order valence-corrected chi connectivity index (χ3v) is 4.40. The van der Waals surface area contributed by atoms with Gasteiger partial charge < -0.3 is 29.9 Å². The number of benzene rings is 1. The molecule has 5 atom stereocenters. The topological polar surface area (TPSA) is 99.4 Å². The SMILES string of the molecule is CCOc1ccc(SC2OC(CO)C(O)C(O)C2O)cc1. The summed E-state index contributed by atoms with van der Waals surface area (Å²) in [5.41, 5.74) is -0.765. The van der Waals surface area contributed by atoms with Gasteiger partial charge in [0.1, 0.15) is 35.6 Å². The van der Waals surface area contributed by atoms with E-state index < -0.39 is 36.5 Å². The van der Waals surface area contributed by atoms with Gasteiger partial charge in [-0.2, -0.15) is 0 Å². The lowest BCUT2D eigenvalue weighted by Crippen LogP contribution is -2.57. The Balaban J connectivity index is 2.03. The van der Waals surface area contributed by atoms with E-state index in [1.807, 2.05) is 19.1 Å². The minimum atomic E-state index is -1.35. The van der Waals surface area contributed by atoms with Crippen molar-refractivity contribution in [2.75, 3.05) is 13.2 Å². The van der Waals surface area contributed by atoms with Gasteiger partial charge in [0.25, 0.3) is 0 Å². The molecule has 0 saturated carbocycles. The van der Waals surface area contributed by atoms with E-state index in [0.717, 1.165) is 10.6 Å². The molecule has 0 aromatic heterocycles. The number of aliphatic hydroxyl groups is 4. The maximum atomic E-state index is 9.96. The van der Waals surface area contributed by atoms with E-state index in [1.165, 1.54) is 11.8 Å². The molecule has 1 heterocycles. The van der Waals surface area contributed by atoms with Gasteiger partial charge in [0.05, 0.1) is 13.2 Å². The van der Waals surface area contributed by atoms with Crippen LogP contribution < -0.4 is 4.74 Å². The molecule has 1 fully saturated rings. The molecule has 0 bridgehead atoms. The predicted molar refractivity (Wildman–Crippen MR) is 77.2 cm³/mol. The van der Waals surface area contributed by atoms with Gasteiger partial charge in [0, 0.05) is 4.90 Å². The van der Waals surface area contributed by atoms with Gasteiger partial charge in [0.2, 0.25) is 0 Å². The van der Waals surface area contributed by atoms with Crippen LogP contribution >= 0.6 is 11.8 Å². The highest BCUT2D eigenvalue weighted by atomic mass is 32.2. The molecule has 5 unspecified atom stereocenters. The van der Waals surface area contributed by atoms with E-state index in [1.54, 1.807) is 12.1 Å². The molecular formula is C14H20O6S. The number of aliphatic hydroxyl groups excluding tert-OH is 4. The summed E-state index contributed by atoms with van der Waals surface area (Å²) < 4.78 is 10.8. The third kappa shape index (κ3) is 3.88. The number of rotatable bonds is 5. The van der Waals surface area contributed by atoms with Crippen LogP contribution in [0.3, 0.4) is 0 Å². The van der Waals surface area contributed by atoms with Gasteiger partial charge in [0.15, 0.2) is 0 Å². The van der Waals surface area contributed by atoms with Crippen LogP contribution in [0.1, 0.15) is 6.92 Å². The number of ether oxygens (including phenoxy) is 2. The van der Waals surface area contributed by atoms with E-state index in [0.29, 0.717) is 6.61 Å². The Kier molecular flexibility index (Phi) is 5.86. The Hall–Kier alpha value is -0.830. The summed E-state index contributed by atoms with van der Waals surface area (Å²) in [5.74, 6) is 0.746. The van der Waals surface area contributed by atoms with Crippen molar-refractivity contribution < 1.29 is 29.9 Å². The van der Waals surface area contributed by atoms with E-state index >= 15 is 0 Å². The molecule has 2 rings (SSSR count). The lowest BCUT2D eigenvalue weighted by Gasteiger charge is -2.39. The van der Waals surface area contributed by atoms with Crippen LogP contribution in [0.5, 0.6) is 5.75 Å². The van der Waals surface area contributed by atoms with Crippen molar-refractivity contribution >= 4 is 11.8 Å². The Bertz CT molecular complexity index is 438. The molecule has 1 aliphatic rings. The third-order valence-electron chi connectivity index (χ3n) is 3.24.